The summed E-state index contributed by atoms with van der Waals surface area (Å²) in [5, 5.41) is 23.4. The first-order valence-corrected chi connectivity index (χ1v) is 10.6. The fourth-order valence-corrected chi connectivity index (χ4v) is 4.29. The van der Waals surface area contributed by atoms with Crippen LogP contribution in [-0.2, 0) is 18.9 Å². The maximum atomic E-state index is 11.2. The van der Waals surface area contributed by atoms with Crippen LogP contribution in [0, 0.1) is 0 Å². The summed E-state index contributed by atoms with van der Waals surface area (Å²) < 4.78 is 23.4. The molecule has 2 heterocycles. The quantitative estimate of drug-likeness (QED) is 0.612. The summed E-state index contributed by atoms with van der Waals surface area (Å²) in [5.74, 6) is 0.108. The molecule has 0 radical (unpaired) electrons. The van der Waals surface area contributed by atoms with Crippen molar-refractivity contribution in [2.24, 2.45) is 4.99 Å². The second-order valence-electron chi connectivity index (χ2n) is 7.93. The number of aliphatic hydroxyl groups is 1. The second-order valence-corrected chi connectivity index (χ2v) is 7.93. The first kappa shape index (κ1) is 21.1. The highest BCUT2D eigenvalue weighted by Crippen LogP contribution is 2.35. The fraction of sp³-hybridized carbons (Fsp3) is 0.320. The molecule has 3 aromatic rings. The first-order valence-electron chi connectivity index (χ1n) is 10.6. The molecule has 0 spiro atoms. The first-order chi connectivity index (χ1) is 15.7. The lowest BCUT2D eigenvalue weighted by Gasteiger charge is -2.46. The van der Waals surface area contributed by atoms with Crippen LogP contribution >= 0.6 is 0 Å². The van der Waals surface area contributed by atoms with E-state index >= 15 is 0 Å². The fourth-order valence-electron chi connectivity index (χ4n) is 4.29. The van der Waals surface area contributed by atoms with E-state index in [1.165, 1.54) is 7.11 Å². The molecular weight excluding hydrogens is 410 g/mol. The molecule has 2 aliphatic heterocycles. The molecule has 3 aromatic carbocycles. The number of benzene rings is 3. The third-order valence-electron chi connectivity index (χ3n) is 5.96. The zero-order valence-electron chi connectivity index (χ0n) is 17.6. The monoisotopic (exact) mass is 435 g/mol. The van der Waals surface area contributed by atoms with Crippen molar-refractivity contribution in [2.45, 2.75) is 36.9 Å². The number of nitrogens with zero attached hydrogens (tertiary/aromatic N) is 1. The molecule has 2 aliphatic rings. The number of hydrogen-bond acceptors (Lipinski definition) is 7. The number of phenols is 1. The van der Waals surface area contributed by atoms with Gasteiger partial charge >= 0.3 is 0 Å². The minimum atomic E-state index is -0.984. The van der Waals surface area contributed by atoms with Crippen molar-refractivity contribution in [1.82, 2.24) is 0 Å². The van der Waals surface area contributed by atoms with E-state index in [4.69, 9.17) is 18.9 Å². The lowest BCUT2D eigenvalue weighted by molar-refractivity contribution is -0.338. The van der Waals surface area contributed by atoms with Crippen LogP contribution in [0.1, 0.15) is 17.4 Å². The zero-order valence-corrected chi connectivity index (χ0v) is 17.6. The van der Waals surface area contributed by atoms with Crippen molar-refractivity contribution in [1.29, 1.82) is 0 Å². The van der Waals surface area contributed by atoms with Gasteiger partial charge in [-0.05, 0) is 16.8 Å². The Bertz CT molecular complexity index is 1100. The predicted molar refractivity (Wildman–Crippen MR) is 119 cm³/mol. The van der Waals surface area contributed by atoms with Crippen molar-refractivity contribution in [2.75, 3.05) is 13.7 Å². The summed E-state index contributed by atoms with van der Waals surface area (Å²) in [4.78, 5) is 4.58. The molecule has 7 nitrogen and oxygen atoms in total. The lowest BCUT2D eigenvalue weighted by Crippen LogP contribution is -2.61. The third kappa shape index (κ3) is 3.90. The van der Waals surface area contributed by atoms with Crippen molar-refractivity contribution >= 4 is 17.0 Å². The van der Waals surface area contributed by atoms with E-state index < -0.39 is 36.9 Å². The summed E-state index contributed by atoms with van der Waals surface area (Å²) in [7, 11) is 1.51. The molecule has 6 atom stereocenters. The van der Waals surface area contributed by atoms with Crippen LogP contribution < -0.4 is 0 Å². The molecule has 0 aromatic heterocycles. The molecule has 2 fully saturated rings. The SMILES string of the molecule is CO[C@@H]1O[C@@H]2COC(c3ccccc3)O[C@H]2[C@@H](O)[C@@H]1N=Cc1c(O)ccc2ccccc12. The largest absolute Gasteiger partial charge is 0.507 e. The second kappa shape index (κ2) is 8.97. The molecule has 5 rings (SSSR count). The van der Waals surface area contributed by atoms with E-state index in [0.29, 0.717) is 5.56 Å². The number of phenolic OH excluding ortho intramolecular Hbond substituents is 1. The van der Waals surface area contributed by atoms with E-state index in [2.05, 4.69) is 4.99 Å². The van der Waals surface area contributed by atoms with E-state index in [1.807, 2.05) is 60.7 Å². The van der Waals surface area contributed by atoms with Gasteiger partial charge in [-0.1, -0.05) is 60.7 Å². The number of fused-ring (bicyclic) bond motifs is 2. The van der Waals surface area contributed by atoms with Crippen LogP contribution in [0.25, 0.3) is 10.8 Å². The van der Waals surface area contributed by atoms with Gasteiger partial charge in [0.2, 0.25) is 0 Å². The molecular formula is C25H25NO6. The van der Waals surface area contributed by atoms with Crippen molar-refractivity contribution < 1.29 is 29.2 Å². The molecule has 0 aliphatic carbocycles. The van der Waals surface area contributed by atoms with Gasteiger partial charge in [0.1, 0.15) is 30.1 Å². The number of aromatic hydroxyl groups is 1. The Balaban J connectivity index is 1.42. The van der Waals surface area contributed by atoms with E-state index in [-0.39, 0.29) is 12.4 Å². The van der Waals surface area contributed by atoms with Gasteiger partial charge in [0.15, 0.2) is 12.6 Å². The highest BCUT2D eigenvalue weighted by atomic mass is 16.7. The number of methoxy groups -OCH3 is 1. The molecule has 0 amide bonds. The molecule has 0 bridgehead atoms. The van der Waals surface area contributed by atoms with Crippen molar-refractivity contribution in [3.63, 3.8) is 0 Å². The Morgan fingerprint density at radius 3 is 2.59 bits per heavy atom. The Labute approximate surface area is 185 Å². The van der Waals surface area contributed by atoms with Gasteiger partial charge in [0, 0.05) is 24.5 Å². The highest BCUT2D eigenvalue weighted by molar-refractivity contribution is 6.02. The summed E-state index contributed by atoms with van der Waals surface area (Å²) >= 11 is 0. The number of aliphatic imine (C=N–C) groups is 1. The number of aliphatic hydroxyl groups excluding tert-OH is 1. The number of hydrogen-bond donors (Lipinski definition) is 2. The van der Waals surface area contributed by atoms with Crippen LogP contribution in [0.5, 0.6) is 5.75 Å². The van der Waals surface area contributed by atoms with Gasteiger partial charge < -0.3 is 29.2 Å². The Kier molecular flexibility index (Phi) is 5.91. The van der Waals surface area contributed by atoms with Gasteiger partial charge in [0.05, 0.1) is 6.61 Å². The Morgan fingerprint density at radius 1 is 1.00 bits per heavy atom. The molecule has 2 saturated heterocycles. The van der Waals surface area contributed by atoms with E-state index in [1.54, 1.807) is 12.3 Å². The molecule has 1 unspecified atom stereocenters. The van der Waals surface area contributed by atoms with Gasteiger partial charge in [-0.2, -0.15) is 0 Å². The van der Waals surface area contributed by atoms with Crippen LogP contribution in [-0.4, -0.2) is 60.8 Å². The predicted octanol–water partition coefficient (Wildman–Crippen LogP) is 3.18. The summed E-state index contributed by atoms with van der Waals surface area (Å²) in [6.07, 6.45) is -1.91. The molecule has 7 heteroatoms. The van der Waals surface area contributed by atoms with Crippen LogP contribution in [0.3, 0.4) is 0 Å². The summed E-state index contributed by atoms with van der Waals surface area (Å²) in [6.45, 7) is 0.266. The topological polar surface area (TPSA) is 89.7 Å². The maximum Gasteiger partial charge on any atom is 0.184 e. The molecule has 0 saturated carbocycles. The average molecular weight is 435 g/mol. The molecule has 2 N–H and O–H groups in total. The number of rotatable bonds is 4. The molecule has 166 valence electrons. The Hall–Kier alpha value is -2.81. The maximum absolute atomic E-state index is 11.2. The lowest BCUT2D eigenvalue weighted by atomic mass is 9.96. The van der Waals surface area contributed by atoms with E-state index in [9.17, 15) is 10.2 Å². The van der Waals surface area contributed by atoms with Gasteiger partial charge in [0.25, 0.3) is 0 Å². The van der Waals surface area contributed by atoms with Crippen LogP contribution in [0.2, 0.25) is 0 Å². The van der Waals surface area contributed by atoms with Gasteiger partial charge in [-0.15, -0.1) is 0 Å². The van der Waals surface area contributed by atoms with Crippen LogP contribution in [0.15, 0.2) is 71.7 Å². The molecule has 32 heavy (non-hydrogen) atoms. The Morgan fingerprint density at radius 2 is 1.78 bits per heavy atom. The average Bonchev–Trinajstić information content (AvgIpc) is 2.84. The van der Waals surface area contributed by atoms with Crippen molar-refractivity contribution in [3.05, 3.63) is 77.9 Å². The highest BCUT2D eigenvalue weighted by Gasteiger charge is 2.49. The minimum absolute atomic E-state index is 0.108. The van der Waals surface area contributed by atoms with Gasteiger partial charge in [-0.3, -0.25) is 4.99 Å². The smallest absolute Gasteiger partial charge is 0.184 e. The third-order valence-corrected chi connectivity index (χ3v) is 5.96. The standard InChI is InChI=1S/C25H25NO6/c1-29-25-21(26-13-18-17-10-6-5-7-15(17)11-12-19(18)27)22(28)23-20(31-25)14-30-24(32-23)16-8-3-2-4-9-16/h2-13,20-25,27-28H,14H2,1H3/t20-,21+,22+,23-,24?,25-/m1/s1. The minimum Gasteiger partial charge on any atom is -0.507 e. The zero-order chi connectivity index (χ0) is 22.1. The van der Waals surface area contributed by atoms with Crippen LogP contribution in [0.4, 0.5) is 0 Å². The number of ether oxygens (including phenoxy) is 4. The summed E-state index contributed by atoms with van der Waals surface area (Å²) in [6, 6.07) is 20.0. The van der Waals surface area contributed by atoms with Crippen molar-refractivity contribution in [3.8, 4) is 5.75 Å². The summed E-state index contributed by atoms with van der Waals surface area (Å²) in [5.41, 5.74) is 1.44. The normalized spacial score (nSPS) is 30.4. The van der Waals surface area contributed by atoms with E-state index in [0.717, 1.165) is 16.3 Å². The van der Waals surface area contributed by atoms with Gasteiger partial charge in [-0.25, -0.2) is 0 Å².